The molecule has 0 aliphatic carbocycles. The van der Waals surface area contributed by atoms with Crippen LogP contribution < -0.4 is 10.1 Å². The topological polar surface area (TPSA) is 64.1 Å². The predicted octanol–water partition coefficient (Wildman–Crippen LogP) is 2.74. The first-order valence-electron chi connectivity index (χ1n) is 6.51. The normalized spacial score (nSPS) is 10.3. The molecule has 1 amide bonds. The van der Waals surface area contributed by atoms with Crippen LogP contribution in [0.4, 0.5) is 0 Å². The Balaban J connectivity index is 2.21. The highest BCUT2D eigenvalue weighted by molar-refractivity contribution is 7.08. The average Bonchev–Trinajstić information content (AvgIpc) is 2.97. The fourth-order valence-corrected chi connectivity index (χ4v) is 2.36. The Bertz CT molecular complexity index is 583. The second-order valence-electron chi connectivity index (χ2n) is 4.29. The lowest BCUT2D eigenvalue weighted by atomic mass is 10.1. The minimum absolute atomic E-state index is 0.119. The van der Waals surface area contributed by atoms with Gasteiger partial charge in [-0.05, 0) is 30.1 Å². The number of unbranched alkanes of at least 4 members (excludes halogenated alkanes) is 1. The lowest BCUT2D eigenvalue weighted by molar-refractivity contribution is 0.0957. The molecular weight excluding hydrogens is 274 g/mol. The number of ether oxygens (including phenoxy) is 1. The molecule has 0 aliphatic heterocycles. The molecule has 6 heteroatoms. The van der Waals surface area contributed by atoms with Gasteiger partial charge in [-0.2, -0.15) is 0 Å². The van der Waals surface area contributed by atoms with Crippen LogP contribution in [0.3, 0.4) is 0 Å². The number of benzene rings is 1. The first kappa shape index (κ1) is 14.5. The van der Waals surface area contributed by atoms with Crippen LogP contribution >= 0.6 is 11.5 Å². The minimum Gasteiger partial charge on any atom is -0.497 e. The number of carbonyl (C=O) groups excluding carboxylic acids is 1. The third kappa shape index (κ3) is 3.33. The standard InChI is InChI=1S/C14H17N3O2S/c1-3-4-8-15-14(18)13-12(16-17-20-13)10-6-5-7-11(9-10)19-2/h5-7,9H,3-4,8H2,1-2H3,(H,15,18). The molecule has 0 saturated carbocycles. The Morgan fingerprint density at radius 3 is 3.05 bits per heavy atom. The quantitative estimate of drug-likeness (QED) is 0.831. The second-order valence-corrected chi connectivity index (χ2v) is 5.05. The summed E-state index contributed by atoms with van der Waals surface area (Å²) < 4.78 is 9.08. The fourth-order valence-electron chi connectivity index (χ4n) is 1.76. The number of hydrogen-bond donors (Lipinski definition) is 1. The van der Waals surface area contributed by atoms with Crippen molar-refractivity contribution in [1.82, 2.24) is 14.9 Å². The lowest BCUT2D eigenvalue weighted by Crippen LogP contribution is -2.23. The molecule has 0 unspecified atom stereocenters. The van der Waals surface area contributed by atoms with Crippen LogP contribution in [0.5, 0.6) is 5.75 Å². The van der Waals surface area contributed by atoms with E-state index < -0.39 is 0 Å². The maximum atomic E-state index is 12.1. The van der Waals surface area contributed by atoms with Gasteiger partial charge in [-0.15, -0.1) is 5.10 Å². The van der Waals surface area contributed by atoms with E-state index in [4.69, 9.17) is 4.74 Å². The van der Waals surface area contributed by atoms with Crippen molar-refractivity contribution in [2.45, 2.75) is 19.8 Å². The first-order chi connectivity index (χ1) is 9.76. The zero-order valence-corrected chi connectivity index (χ0v) is 12.4. The maximum Gasteiger partial charge on any atom is 0.265 e. The van der Waals surface area contributed by atoms with Crippen LogP contribution in [-0.4, -0.2) is 29.1 Å². The van der Waals surface area contributed by atoms with Crippen molar-refractivity contribution in [3.05, 3.63) is 29.1 Å². The summed E-state index contributed by atoms with van der Waals surface area (Å²) in [6, 6.07) is 7.46. The van der Waals surface area contributed by atoms with Crippen LogP contribution in [0.1, 0.15) is 29.4 Å². The Morgan fingerprint density at radius 1 is 1.45 bits per heavy atom. The van der Waals surface area contributed by atoms with Crippen LogP contribution in [0.15, 0.2) is 24.3 Å². The van der Waals surface area contributed by atoms with Crippen molar-refractivity contribution in [2.75, 3.05) is 13.7 Å². The van der Waals surface area contributed by atoms with Gasteiger partial charge in [0.1, 0.15) is 16.3 Å². The average molecular weight is 291 g/mol. The van der Waals surface area contributed by atoms with Crippen molar-refractivity contribution in [3.8, 4) is 17.0 Å². The monoisotopic (exact) mass is 291 g/mol. The molecule has 0 aliphatic rings. The van der Waals surface area contributed by atoms with Crippen LogP contribution in [0.25, 0.3) is 11.3 Å². The molecule has 0 bridgehead atoms. The third-order valence-corrected chi connectivity index (χ3v) is 3.58. The van der Waals surface area contributed by atoms with Crippen molar-refractivity contribution < 1.29 is 9.53 Å². The van der Waals surface area contributed by atoms with Gasteiger partial charge in [0.15, 0.2) is 0 Å². The van der Waals surface area contributed by atoms with E-state index >= 15 is 0 Å². The molecule has 20 heavy (non-hydrogen) atoms. The molecular formula is C14H17N3O2S. The number of nitrogens with zero attached hydrogens (tertiary/aromatic N) is 2. The van der Waals surface area contributed by atoms with Gasteiger partial charge in [-0.25, -0.2) is 0 Å². The Kier molecular flexibility index (Phi) is 5.06. The summed E-state index contributed by atoms with van der Waals surface area (Å²) in [7, 11) is 1.61. The Labute approximate surface area is 122 Å². The maximum absolute atomic E-state index is 12.1. The minimum atomic E-state index is -0.119. The van der Waals surface area contributed by atoms with E-state index in [9.17, 15) is 4.79 Å². The molecule has 1 N–H and O–H groups in total. The summed E-state index contributed by atoms with van der Waals surface area (Å²) in [6.45, 7) is 2.76. The highest BCUT2D eigenvalue weighted by atomic mass is 32.1. The molecule has 0 saturated heterocycles. The number of amides is 1. The first-order valence-corrected chi connectivity index (χ1v) is 7.28. The molecule has 2 aromatic rings. The summed E-state index contributed by atoms with van der Waals surface area (Å²) >= 11 is 1.11. The summed E-state index contributed by atoms with van der Waals surface area (Å²) in [5.74, 6) is 0.610. The summed E-state index contributed by atoms with van der Waals surface area (Å²) in [4.78, 5) is 12.7. The third-order valence-electron chi connectivity index (χ3n) is 2.85. The van der Waals surface area contributed by atoms with Crippen LogP contribution in [0, 0.1) is 0 Å². The van der Waals surface area contributed by atoms with Gasteiger partial charge in [-0.1, -0.05) is 30.0 Å². The highest BCUT2D eigenvalue weighted by Gasteiger charge is 2.17. The van der Waals surface area contributed by atoms with Crippen molar-refractivity contribution in [2.24, 2.45) is 0 Å². The second kappa shape index (κ2) is 7.00. The van der Waals surface area contributed by atoms with Crippen molar-refractivity contribution in [1.29, 1.82) is 0 Å². The predicted molar refractivity (Wildman–Crippen MR) is 79.1 cm³/mol. The Morgan fingerprint density at radius 2 is 2.30 bits per heavy atom. The summed E-state index contributed by atoms with van der Waals surface area (Å²) in [5, 5.41) is 6.95. The molecule has 0 fully saturated rings. The van der Waals surface area contributed by atoms with Gasteiger partial charge in [0.2, 0.25) is 0 Å². The molecule has 0 spiro atoms. The molecule has 0 radical (unpaired) electrons. The highest BCUT2D eigenvalue weighted by Crippen LogP contribution is 2.26. The van der Waals surface area contributed by atoms with Crippen LogP contribution in [-0.2, 0) is 0 Å². The molecule has 1 aromatic heterocycles. The van der Waals surface area contributed by atoms with Gasteiger partial charge in [0.25, 0.3) is 5.91 Å². The zero-order valence-electron chi connectivity index (χ0n) is 11.5. The van der Waals surface area contributed by atoms with Crippen LogP contribution in [0.2, 0.25) is 0 Å². The molecule has 2 rings (SSSR count). The van der Waals surface area contributed by atoms with Crippen molar-refractivity contribution >= 4 is 17.4 Å². The molecule has 1 heterocycles. The largest absolute Gasteiger partial charge is 0.497 e. The van der Waals surface area contributed by atoms with Gasteiger partial charge >= 0.3 is 0 Å². The van der Waals surface area contributed by atoms with E-state index in [1.165, 1.54) is 0 Å². The molecule has 1 aromatic carbocycles. The fraction of sp³-hybridized carbons (Fsp3) is 0.357. The van der Waals surface area contributed by atoms with E-state index in [-0.39, 0.29) is 5.91 Å². The molecule has 5 nitrogen and oxygen atoms in total. The van der Waals surface area contributed by atoms with Gasteiger partial charge in [0, 0.05) is 12.1 Å². The van der Waals surface area contributed by atoms with E-state index in [0.717, 1.165) is 35.7 Å². The molecule has 0 atom stereocenters. The summed E-state index contributed by atoms with van der Waals surface area (Å²) in [6.07, 6.45) is 2.01. The number of carbonyl (C=O) groups is 1. The number of methoxy groups -OCH3 is 1. The number of hydrogen-bond acceptors (Lipinski definition) is 5. The van der Waals surface area contributed by atoms with E-state index in [0.29, 0.717) is 17.1 Å². The smallest absolute Gasteiger partial charge is 0.265 e. The van der Waals surface area contributed by atoms with Gasteiger partial charge in [0.05, 0.1) is 7.11 Å². The zero-order chi connectivity index (χ0) is 14.4. The number of nitrogens with one attached hydrogen (secondary N) is 1. The summed E-state index contributed by atoms with van der Waals surface area (Å²) in [5.41, 5.74) is 1.43. The van der Waals surface area contributed by atoms with Gasteiger partial charge in [-0.3, -0.25) is 4.79 Å². The van der Waals surface area contributed by atoms with E-state index in [2.05, 4.69) is 21.8 Å². The van der Waals surface area contributed by atoms with E-state index in [1.54, 1.807) is 7.11 Å². The lowest BCUT2D eigenvalue weighted by Gasteiger charge is -2.05. The SMILES string of the molecule is CCCCNC(=O)c1snnc1-c1cccc(OC)c1. The number of aromatic nitrogens is 2. The van der Waals surface area contributed by atoms with E-state index in [1.807, 2.05) is 24.3 Å². The number of rotatable bonds is 6. The van der Waals surface area contributed by atoms with Crippen molar-refractivity contribution in [3.63, 3.8) is 0 Å². The van der Waals surface area contributed by atoms with Gasteiger partial charge < -0.3 is 10.1 Å². The Hall–Kier alpha value is -1.95. The molecule has 106 valence electrons.